The quantitative estimate of drug-likeness (QED) is 0.781. The maximum absolute atomic E-state index is 12.2. The van der Waals surface area contributed by atoms with Crippen molar-refractivity contribution >= 4 is 5.91 Å². The maximum Gasteiger partial charge on any atom is 0.226 e. The van der Waals surface area contributed by atoms with Gasteiger partial charge in [-0.2, -0.15) is 0 Å². The number of furan rings is 1. The molecule has 0 aliphatic carbocycles. The van der Waals surface area contributed by atoms with E-state index in [4.69, 9.17) is 8.83 Å². The number of oxazole rings is 1. The molecule has 3 aromatic rings. The molecule has 3 rings (SSSR count). The van der Waals surface area contributed by atoms with Crippen molar-refractivity contribution in [1.82, 2.24) is 10.3 Å². The van der Waals surface area contributed by atoms with Gasteiger partial charge in [0.05, 0.1) is 24.4 Å². The summed E-state index contributed by atoms with van der Waals surface area (Å²) >= 11 is 0. The number of amides is 1. The zero-order chi connectivity index (χ0) is 16.2. The van der Waals surface area contributed by atoms with Crippen LogP contribution in [0.25, 0.3) is 11.5 Å². The molecule has 5 heteroatoms. The molecule has 1 amide bonds. The second-order valence-electron chi connectivity index (χ2n) is 5.37. The summed E-state index contributed by atoms with van der Waals surface area (Å²) in [4.78, 5) is 16.6. The zero-order valence-corrected chi connectivity index (χ0v) is 13.1. The molecule has 1 N–H and O–H groups in total. The third kappa shape index (κ3) is 3.51. The van der Waals surface area contributed by atoms with E-state index in [0.717, 1.165) is 11.3 Å². The van der Waals surface area contributed by atoms with Crippen LogP contribution in [0.15, 0.2) is 57.6 Å². The van der Waals surface area contributed by atoms with Gasteiger partial charge in [-0.05, 0) is 38.1 Å². The molecule has 23 heavy (non-hydrogen) atoms. The Balaban J connectivity index is 1.68. The average molecular weight is 310 g/mol. The molecule has 0 aliphatic rings. The first kappa shape index (κ1) is 15.1. The first-order chi connectivity index (χ1) is 11.1. The fourth-order valence-electron chi connectivity index (χ4n) is 2.35. The molecule has 1 aromatic carbocycles. The van der Waals surface area contributed by atoms with E-state index in [2.05, 4.69) is 10.3 Å². The van der Waals surface area contributed by atoms with Gasteiger partial charge in [-0.3, -0.25) is 4.79 Å². The van der Waals surface area contributed by atoms with Crippen molar-refractivity contribution in [1.29, 1.82) is 0 Å². The van der Waals surface area contributed by atoms with Gasteiger partial charge >= 0.3 is 0 Å². The Kier molecular flexibility index (Phi) is 4.28. The van der Waals surface area contributed by atoms with Crippen LogP contribution in [-0.4, -0.2) is 10.9 Å². The molecule has 0 bridgehead atoms. The van der Waals surface area contributed by atoms with Crippen LogP contribution in [-0.2, 0) is 11.2 Å². The minimum absolute atomic E-state index is 0.120. The minimum atomic E-state index is -0.182. The van der Waals surface area contributed by atoms with Crippen molar-refractivity contribution in [3.63, 3.8) is 0 Å². The number of hydrogen-bond donors (Lipinski definition) is 1. The predicted molar refractivity (Wildman–Crippen MR) is 85.6 cm³/mol. The Morgan fingerprint density at radius 1 is 1.22 bits per heavy atom. The van der Waals surface area contributed by atoms with Gasteiger partial charge in [0, 0.05) is 5.56 Å². The molecule has 5 nitrogen and oxygen atoms in total. The topological polar surface area (TPSA) is 68.3 Å². The van der Waals surface area contributed by atoms with Crippen molar-refractivity contribution in [3.05, 3.63) is 65.9 Å². The molecule has 2 heterocycles. The SMILES string of the molecule is Cc1oc(-c2ccccc2)nc1CC(=O)N[C@@H](C)c1ccco1. The Hall–Kier alpha value is -2.82. The number of carbonyl (C=O) groups is 1. The standard InChI is InChI=1S/C18H18N2O3/c1-12(16-9-6-10-22-16)19-17(21)11-15-13(2)23-18(20-15)14-7-4-3-5-8-14/h3-10,12H,11H2,1-2H3,(H,19,21)/t12-/m0/s1. The number of benzene rings is 1. The summed E-state index contributed by atoms with van der Waals surface area (Å²) in [5.74, 6) is 1.79. The first-order valence-electron chi connectivity index (χ1n) is 7.48. The lowest BCUT2D eigenvalue weighted by Crippen LogP contribution is -2.28. The van der Waals surface area contributed by atoms with Crippen molar-refractivity contribution in [2.45, 2.75) is 26.3 Å². The number of aryl methyl sites for hydroxylation is 1. The Bertz CT molecular complexity index is 776. The third-order valence-corrected chi connectivity index (χ3v) is 3.59. The highest BCUT2D eigenvalue weighted by atomic mass is 16.4. The second kappa shape index (κ2) is 6.52. The van der Waals surface area contributed by atoms with Gasteiger partial charge in [-0.15, -0.1) is 0 Å². The van der Waals surface area contributed by atoms with Gasteiger partial charge in [-0.1, -0.05) is 18.2 Å². The average Bonchev–Trinajstić information content (AvgIpc) is 3.19. The first-order valence-corrected chi connectivity index (χ1v) is 7.48. The largest absolute Gasteiger partial charge is 0.467 e. The normalized spacial score (nSPS) is 12.1. The summed E-state index contributed by atoms with van der Waals surface area (Å²) in [5.41, 5.74) is 1.54. The van der Waals surface area contributed by atoms with E-state index >= 15 is 0 Å². The highest BCUT2D eigenvalue weighted by Gasteiger charge is 2.17. The zero-order valence-electron chi connectivity index (χ0n) is 13.1. The lowest BCUT2D eigenvalue weighted by atomic mass is 10.2. The fraction of sp³-hybridized carbons (Fsp3) is 0.222. The monoisotopic (exact) mass is 310 g/mol. The van der Waals surface area contributed by atoms with Crippen LogP contribution in [0.2, 0.25) is 0 Å². The lowest BCUT2D eigenvalue weighted by molar-refractivity contribution is -0.121. The molecular weight excluding hydrogens is 292 g/mol. The van der Waals surface area contributed by atoms with Crippen LogP contribution in [0.5, 0.6) is 0 Å². The molecule has 0 radical (unpaired) electrons. The van der Waals surface area contributed by atoms with E-state index in [-0.39, 0.29) is 18.4 Å². The predicted octanol–water partition coefficient (Wildman–Crippen LogP) is 3.66. The van der Waals surface area contributed by atoms with E-state index < -0.39 is 0 Å². The van der Waals surface area contributed by atoms with Crippen LogP contribution in [0.1, 0.15) is 30.2 Å². The van der Waals surface area contributed by atoms with Crippen LogP contribution in [0, 0.1) is 6.92 Å². The molecule has 0 spiro atoms. The minimum Gasteiger partial charge on any atom is -0.467 e. The van der Waals surface area contributed by atoms with E-state index in [1.165, 1.54) is 0 Å². The number of hydrogen-bond acceptors (Lipinski definition) is 4. The van der Waals surface area contributed by atoms with E-state index in [1.54, 1.807) is 12.3 Å². The van der Waals surface area contributed by atoms with E-state index in [9.17, 15) is 4.79 Å². The van der Waals surface area contributed by atoms with Crippen LogP contribution in [0.4, 0.5) is 0 Å². The highest BCUT2D eigenvalue weighted by molar-refractivity contribution is 5.78. The molecule has 0 aliphatic heterocycles. The third-order valence-electron chi connectivity index (χ3n) is 3.59. The van der Waals surface area contributed by atoms with Crippen molar-refractivity contribution < 1.29 is 13.6 Å². The number of rotatable bonds is 5. The number of nitrogens with one attached hydrogen (secondary N) is 1. The molecule has 118 valence electrons. The van der Waals surface area contributed by atoms with E-state index in [0.29, 0.717) is 17.3 Å². The lowest BCUT2D eigenvalue weighted by Gasteiger charge is -2.10. The smallest absolute Gasteiger partial charge is 0.226 e. The van der Waals surface area contributed by atoms with Gasteiger partial charge in [-0.25, -0.2) is 4.98 Å². The Morgan fingerprint density at radius 3 is 2.70 bits per heavy atom. The molecule has 0 saturated heterocycles. The Labute approximate surface area is 134 Å². The van der Waals surface area contributed by atoms with Gasteiger partial charge in [0.2, 0.25) is 11.8 Å². The van der Waals surface area contributed by atoms with Crippen molar-refractivity contribution in [2.24, 2.45) is 0 Å². The highest BCUT2D eigenvalue weighted by Crippen LogP contribution is 2.22. The molecule has 0 saturated carbocycles. The fourth-order valence-corrected chi connectivity index (χ4v) is 2.35. The molecule has 1 atom stereocenters. The van der Waals surface area contributed by atoms with Gasteiger partial charge in [0.15, 0.2) is 0 Å². The summed E-state index contributed by atoms with van der Waals surface area (Å²) < 4.78 is 11.0. The summed E-state index contributed by atoms with van der Waals surface area (Å²) in [6, 6.07) is 13.1. The second-order valence-corrected chi connectivity index (χ2v) is 5.37. The molecule has 0 fully saturated rings. The Morgan fingerprint density at radius 2 is 2.00 bits per heavy atom. The molecule has 0 unspecified atom stereocenters. The number of carbonyl (C=O) groups excluding carboxylic acids is 1. The number of aromatic nitrogens is 1. The number of nitrogens with zero attached hydrogens (tertiary/aromatic N) is 1. The van der Waals surface area contributed by atoms with Crippen LogP contribution < -0.4 is 5.32 Å². The summed E-state index contributed by atoms with van der Waals surface area (Å²) in [6.45, 7) is 3.69. The summed E-state index contributed by atoms with van der Waals surface area (Å²) in [7, 11) is 0. The molecular formula is C18H18N2O3. The van der Waals surface area contributed by atoms with Crippen molar-refractivity contribution in [3.8, 4) is 11.5 Å². The van der Waals surface area contributed by atoms with Crippen molar-refractivity contribution in [2.75, 3.05) is 0 Å². The summed E-state index contributed by atoms with van der Waals surface area (Å²) in [6.07, 6.45) is 1.76. The van der Waals surface area contributed by atoms with E-state index in [1.807, 2.05) is 50.2 Å². The molecule has 2 aromatic heterocycles. The van der Waals surface area contributed by atoms with Gasteiger partial charge in [0.25, 0.3) is 0 Å². The van der Waals surface area contributed by atoms with Crippen LogP contribution in [0.3, 0.4) is 0 Å². The summed E-state index contributed by atoms with van der Waals surface area (Å²) in [5, 5.41) is 2.89. The van der Waals surface area contributed by atoms with Gasteiger partial charge < -0.3 is 14.2 Å². The van der Waals surface area contributed by atoms with Gasteiger partial charge in [0.1, 0.15) is 11.5 Å². The maximum atomic E-state index is 12.2. The van der Waals surface area contributed by atoms with Crippen LogP contribution >= 0.6 is 0 Å².